The molecule has 0 heterocycles. The predicted molar refractivity (Wildman–Crippen MR) is 80.8 cm³/mol. The van der Waals surface area contributed by atoms with Gasteiger partial charge in [-0.3, -0.25) is 4.79 Å². The minimum atomic E-state index is -0.323. The Morgan fingerprint density at radius 3 is 2.76 bits per heavy atom. The van der Waals surface area contributed by atoms with E-state index in [4.69, 9.17) is 14.7 Å². The molecule has 0 aliphatic rings. The van der Waals surface area contributed by atoms with Crippen LogP contribution in [0.5, 0.6) is 11.5 Å². The van der Waals surface area contributed by atoms with Crippen molar-refractivity contribution >= 4 is 21.9 Å². The quantitative estimate of drug-likeness (QED) is 0.780. The maximum Gasteiger partial charge on any atom is 0.302 e. The first kappa shape index (κ1) is 15.1. The summed E-state index contributed by atoms with van der Waals surface area (Å²) in [5.74, 6) is 0.917. The molecule has 0 amide bonds. The van der Waals surface area contributed by atoms with Crippen LogP contribution in [0.3, 0.4) is 0 Å². The van der Waals surface area contributed by atoms with Gasteiger partial charge in [-0.25, -0.2) is 0 Å². The summed E-state index contributed by atoms with van der Waals surface area (Å²) in [6, 6.07) is 14.4. The van der Waals surface area contributed by atoms with Gasteiger partial charge in [-0.2, -0.15) is 5.26 Å². The molecule has 0 radical (unpaired) electrons. The zero-order valence-electron chi connectivity index (χ0n) is 11.3. The van der Waals surface area contributed by atoms with E-state index in [1.807, 2.05) is 18.2 Å². The zero-order valence-corrected chi connectivity index (χ0v) is 12.9. The van der Waals surface area contributed by atoms with Gasteiger partial charge in [0.2, 0.25) is 0 Å². The van der Waals surface area contributed by atoms with Crippen LogP contribution in [-0.4, -0.2) is 5.97 Å². The maximum atomic E-state index is 10.8. The van der Waals surface area contributed by atoms with Crippen LogP contribution in [0.2, 0.25) is 0 Å². The minimum absolute atomic E-state index is 0.209. The van der Waals surface area contributed by atoms with Gasteiger partial charge in [0.25, 0.3) is 0 Å². The molecule has 0 aromatic heterocycles. The SMILES string of the molecule is CC(=O)OCc1cccc(Oc2ccc(C#N)cc2Br)c1. The summed E-state index contributed by atoms with van der Waals surface area (Å²) in [5, 5.41) is 8.83. The number of rotatable bonds is 4. The fraction of sp³-hybridized carbons (Fsp3) is 0.125. The van der Waals surface area contributed by atoms with Crippen molar-refractivity contribution in [1.29, 1.82) is 5.26 Å². The highest BCUT2D eigenvalue weighted by Gasteiger charge is 2.05. The van der Waals surface area contributed by atoms with Gasteiger partial charge >= 0.3 is 5.97 Å². The van der Waals surface area contributed by atoms with Crippen molar-refractivity contribution in [2.45, 2.75) is 13.5 Å². The number of ether oxygens (including phenoxy) is 2. The van der Waals surface area contributed by atoms with Crippen LogP contribution in [0.4, 0.5) is 0 Å². The third kappa shape index (κ3) is 4.33. The molecule has 0 saturated carbocycles. The van der Waals surface area contributed by atoms with E-state index in [0.29, 0.717) is 21.5 Å². The van der Waals surface area contributed by atoms with Crippen LogP contribution < -0.4 is 4.74 Å². The Morgan fingerprint density at radius 1 is 1.29 bits per heavy atom. The molecule has 0 aliphatic carbocycles. The number of carbonyl (C=O) groups is 1. The Bertz CT molecular complexity index is 707. The van der Waals surface area contributed by atoms with Gasteiger partial charge in [-0.1, -0.05) is 12.1 Å². The van der Waals surface area contributed by atoms with E-state index in [1.165, 1.54) is 6.92 Å². The lowest BCUT2D eigenvalue weighted by Crippen LogP contribution is -1.98. The van der Waals surface area contributed by atoms with E-state index in [-0.39, 0.29) is 12.6 Å². The van der Waals surface area contributed by atoms with Gasteiger partial charge in [0.05, 0.1) is 16.1 Å². The second kappa shape index (κ2) is 6.91. The van der Waals surface area contributed by atoms with Gasteiger partial charge in [0, 0.05) is 6.92 Å². The van der Waals surface area contributed by atoms with E-state index >= 15 is 0 Å². The van der Waals surface area contributed by atoms with E-state index in [2.05, 4.69) is 22.0 Å². The zero-order chi connectivity index (χ0) is 15.2. The number of esters is 1. The molecule has 0 saturated heterocycles. The summed E-state index contributed by atoms with van der Waals surface area (Å²) >= 11 is 3.37. The molecule has 0 N–H and O–H groups in total. The number of halogens is 1. The van der Waals surface area contributed by atoms with E-state index in [0.717, 1.165) is 5.56 Å². The minimum Gasteiger partial charge on any atom is -0.461 e. The molecular weight excluding hydrogens is 334 g/mol. The molecular formula is C16H12BrNO3. The maximum absolute atomic E-state index is 10.8. The fourth-order valence-electron chi connectivity index (χ4n) is 1.66. The highest BCUT2D eigenvalue weighted by molar-refractivity contribution is 9.10. The third-order valence-corrected chi connectivity index (χ3v) is 3.25. The lowest BCUT2D eigenvalue weighted by Gasteiger charge is -2.09. The first-order valence-corrected chi connectivity index (χ1v) is 6.97. The lowest BCUT2D eigenvalue weighted by molar-refractivity contribution is -0.142. The lowest BCUT2D eigenvalue weighted by atomic mass is 10.2. The molecule has 2 aromatic rings. The molecule has 0 atom stereocenters. The molecule has 0 spiro atoms. The van der Waals surface area contributed by atoms with E-state index in [1.54, 1.807) is 24.3 Å². The average Bonchev–Trinajstić information content (AvgIpc) is 2.47. The highest BCUT2D eigenvalue weighted by Crippen LogP contribution is 2.30. The topological polar surface area (TPSA) is 59.3 Å². The van der Waals surface area contributed by atoms with Gasteiger partial charge < -0.3 is 9.47 Å². The van der Waals surface area contributed by atoms with E-state index in [9.17, 15) is 4.79 Å². The molecule has 2 rings (SSSR count). The summed E-state index contributed by atoms with van der Waals surface area (Å²) in [6.07, 6.45) is 0. The Kier molecular flexibility index (Phi) is 4.96. The van der Waals surface area contributed by atoms with Crippen molar-refractivity contribution in [2.75, 3.05) is 0 Å². The van der Waals surface area contributed by atoms with E-state index < -0.39 is 0 Å². The Labute approximate surface area is 131 Å². The molecule has 0 unspecified atom stereocenters. The second-order valence-electron chi connectivity index (χ2n) is 4.29. The number of nitrogens with zero attached hydrogens (tertiary/aromatic N) is 1. The molecule has 0 fully saturated rings. The van der Waals surface area contributed by atoms with Crippen molar-refractivity contribution in [3.63, 3.8) is 0 Å². The summed E-state index contributed by atoms with van der Waals surface area (Å²) < 4.78 is 11.4. The second-order valence-corrected chi connectivity index (χ2v) is 5.14. The van der Waals surface area contributed by atoms with Crippen molar-refractivity contribution in [3.05, 3.63) is 58.1 Å². The Morgan fingerprint density at radius 2 is 2.10 bits per heavy atom. The standard InChI is InChI=1S/C16H12BrNO3/c1-11(19)20-10-13-3-2-4-14(7-13)21-16-6-5-12(9-18)8-15(16)17/h2-8H,10H2,1H3. The predicted octanol–water partition coefficient (Wildman–Crippen LogP) is 4.18. The molecule has 0 bridgehead atoms. The summed E-state index contributed by atoms with van der Waals surface area (Å²) in [6.45, 7) is 1.58. The third-order valence-electron chi connectivity index (χ3n) is 2.63. The first-order valence-electron chi connectivity index (χ1n) is 6.18. The number of benzene rings is 2. The van der Waals surface area contributed by atoms with Crippen LogP contribution in [0, 0.1) is 11.3 Å². The molecule has 5 heteroatoms. The van der Waals surface area contributed by atoms with Crippen molar-refractivity contribution in [3.8, 4) is 17.6 Å². The summed E-state index contributed by atoms with van der Waals surface area (Å²) in [7, 11) is 0. The summed E-state index contributed by atoms with van der Waals surface area (Å²) in [4.78, 5) is 10.8. The van der Waals surface area contributed by atoms with Crippen molar-refractivity contribution in [1.82, 2.24) is 0 Å². The van der Waals surface area contributed by atoms with Crippen molar-refractivity contribution < 1.29 is 14.3 Å². The van der Waals surface area contributed by atoms with Crippen LogP contribution in [0.15, 0.2) is 46.9 Å². The average molecular weight is 346 g/mol. The van der Waals surface area contributed by atoms with Gasteiger partial charge in [-0.15, -0.1) is 0 Å². The molecule has 21 heavy (non-hydrogen) atoms. The van der Waals surface area contributed by atoms with Crippen LogP contribution in [0.1, 0.15) is 18.1 Å². The number of hydrogen-bond donors (Lipinski definition) is 0. The van der Waals surface area contributed by atoms with Gasteiger partial charge in [0.1, 0.15) is 18.1 Å². The fourth-order valence-corrected chi connectivity index (χ4v) is 2.12. The first-order chi connectivity index (χ1) is 10.1. The largest absolute Gasteiger partial charge is 0.461 e. The van der Waals surface area contributed by atoms with Crippen molar-refractivity contribution in [2.24, 2.45) is 0 Å². The monoisotopic (exact) mass is 345 g/mol. The Hall–Kier alpha value is -2.32. The molecule has 0 aliphatic heterocycles. The normalized spacial score (nSPS) is 9.76. The van der Waals surface area contributed by atoms with Gasteiger partial charge in [0.15, 0.2) is 0 Å². The number of carbonyl (C=O) groups excluding carboxylic acids is 1. The number of hydrogen-bond acceptors (Lipinski definition) is 4. The molecule has 106 valence electrons. The highest BCUT2D eigenvalue weighted by atomic mass is 79.9. The molecule has 2 aromatic carbocycles. The van der Waals surface area contributed by atoms with Gasteiger partial charge in [-0.05, 0) is 51.8 Å². The smallest absolute Gasteiger partial charge is 0.302 e. The molecule has 4 nitrogen and oxygen atoms in total. The van der Waals surface area contributed by atoms with Crippen LogP contribution in [0.25, 0.3) is 0 Å². The van der Waals surface area contributed by atoms with Crippen LogP contribution >= 0.6 is 15.9 Å². The van der Waals surface area contributed by atoms with Crippen LogP contribution in [-0.2, 0) is 16.1 Å². The Balaban J connectivity index is 2.14. The summed E-state index contributed by atoms with van der Waals surface area (Å²) in [5.41, 5.74) is 1.39. The number of nitriles is 1.